The average molecular weight is 280 g/mol. The maximum absolute atomic E-state index is 12.2. The van der Waals surface area contributed by atoms with Crippen LogP contribution in [0.25, 0.3) is 17.1 Å². The molecule has 106 valence electrons. The fraction of sp³-hybridized carbons (Fsp3) is 0.188. The van der Waals surface area contributed by atoms with Crippen molar-refractivity contribution in [2.75, 3.05) is 0 Å². The van der Waals surface area contributed by atoms with Crippen LogP contribution in [0.2, 0.25) is 0 Å². The first kappa shape index (κ1) is 13.3. The fourth-order valence-electron chi connectivity index (χ4n) is 2.39. The van der Waals surface area contributed by atoms with E-state index in [0.717, 1.165) is 11.3 Å². The minimum Gasteiger partial charge on any atom is -0.315 e. The van der Waals surface area contributed by atoms with E-state index >= 15 is 0 Å². The van der Waals surface area contributed by atoms with Gasteiger partial charge >= 0.3 is 0 Å². The third kappa shape index (κ3) is 2.27. The van der Waals surface area contributed by atoms with Crippen LogP contribution >= 0.6 is 0 Å². The van der Waals surface area contributed by atoms with Gasteiger partial charge in [0.15, 0.2) is 5.69 Å². The summed E-state index contributed by atoms with van der Waals surface area (Å²) in [6.07, 6.45) is 4.95. The van der Waals surface area contributed by atoms with E-state index in [1.54, 1.807) is 30.3 Å². The molecule has 0 N–H and O–H groups in total. The topological polar surface area (TPSA) is 52.7 Å². The smallest absolute Gasteiger partial charge is 0.278 e. The van der Waals surface area contributed by atoms with Gasteiger partial charge in [0.05, 0.1) is 17.6 Å². The van der Waals surface area contributed by atoms with Crippen molar-refractivity contribution in [3.8, 4) is 17.1 Å². The lowest BCUT2D eigenvalue weighted by Crippen LogP contribution is -2.20. The van der Waals surface area contributed by atoms with Crippen LogP contribution in [0.1, 0.15) is 11.1 Å². The van der Waals surface area contributed by atoms with Crippen LogP contribution in [0.5, 0.6) is 0 Å². The minimum absolute atomic E-state index is 0.135. The maximum atomic E-state index is 12.2. The first-order chi connectivity index (χ1) is 10.1. The lowest BCUT2D eigenvalue weighted by atomic mass is 10.1. The van der Waals surface area contributed by atoms with E-state index in [9.17, 15) is 4.79 Å². The van der Waals surface area contributed by atoms with Crippen LogP contribution in [-0.2, 0) is 7.05 Å². The van der Waals surface area contributed by atoms with E-state index < -0.39 is 0 Å². The molecule has 2 aromatic heterocycles. The molecule has 1 aromatic carbocycles. The van der Waals surface area contributed by atoms with Crippen LogP contribution in [0.4, 0.5) is 0 Å². The second-order valence-corrected chi connectivity index (χ2v) is 5.11. The number of nitrogens with zero attached hydrogens (tertiary/aromatic N) is 4. The number of hydrogen-bond acceptors (Lipinski definition) is 3. The molecule has 0 aliphatic rings. The Kier molecular flexibility index (Phi) is 3.17. The summed E-state index contributed by atoms with van der Waals surface area (Å²) in [4.78, 5) is 16.5. The third-order valence-corrected chi connectivity index (χ3v) is 3.48. The average Bonchev–Trinajstić information content (AvgIpc) is 2.91. The Morgan fingerprint density at radius 3 is 2.67 bits per heavy atom. The molecule has 0 amide bonds. The molecule has 0 spiro atoms. The van der Waals surface area contributed by atoms with Crippen molar-refractivity contribution in [1.29, 1.82) is 0 Å². The predicted octanol–water partition coefficient (Wildman–Crippen LogP) is 2.25. The quantitative estimate of drug-likeness (QED) is 0.723. The summed E-state index contributed by atoms with van der Waals surface area (Å²) in [5.74, 6) is 0. The standard InChI is InChI=1S/C16H16N4O/c1-11-4-5-13(12(2)10-11)20-14(6-7-18-20)15-16(21)19(3)9-8-17-15/h4-10H,1-3H3. The molecule has 0 saturated carbocycles. The molecule has 0 bridgehead atoms. The largest absolute Gasteiger partial charge is 0.315 e. The van der Waals surface area contributed by atoms with Crippen molar-refractivity contribution in [3.05, 3.63) is 64.3 Å². The summed E-state index contributed by atoms with van der Waals surface area (Å²) >= 11 is 0. The Balaban J connectivity index is 2.22. The molecule has 0 radical (unpaired) electrons. The van der Waals surface area contributed by atoms with Crippen LogP contribution in [-0.4, -0.2) is 19.3 Å². The predicted molar refractivity (Wildman–Crippen MR) is 81.5 cm³/mol. The molecule has 21 heavy (non-hydrogen) atoms. The highest BCUT2D eigenvalue weighted by Gasteiger charge is 2.14. The zero-order valence-electron chi connectivity index (χ0n) is 12.2. The number of aromatic nitrogens is 4. The second kappa shape index (κ2) is 5.01. The van der Waals surface area contributed by atoms with Gasteiger partial charge in [-0.1, -0.05) is 17.7 Å². The van der Waals surface area contributed by atoms with Crippen LogP contribution in [0.3, 0.4) is 0 Å². The van der Waals surface area contributed by atoms with Gasteiger partial charge in [-0.25, -0.2) is 9.67 Å². The van der Waals surface area contributed by atoms with Crippen molar-refractivity contribution in [2.45, 2.75) is 13.8 Å². The molecule has 2 heterocycles. The molecule has 5 heteroatoms. The summed E-state index contributed by atoms with van der Waals surface area (Å²) < 4.78 is 3.28. The van der Waals surface area contributed by atoms with Crippen molar-refractivity contribution in [2.24, 2.45) is 7.05 Å². The zero-order valence-corrected chi connectivity index (χ0v) is 12.2. The summed E-state index contributed by atoms with van der Waals surface area (Å²) in [6, 6.07) is 7.94. The van der Waals surface area contributed by atoms with Crippen LogP contribution in [0, 0.1) is 13.8 Å². The molecule has 3 rings (SSSR count). The number of rotatable bonds is 2. The Bertz CT molecular complexity index is 861. The molecule has 0 unspecified atom stereocenters. The highest BCUT2D eigenvalue weighted by atomic mass is 16.1. The Labute approximate surface area is 122 Å². The van der Waals surface area contributed by atoms with E-state index in [-0.39, 0.29) is 5.56 Å². The Hall–Kier alpha value is -2.69. The highest BCUT2D eigenvalue weighted by Crippen LogP contribution is 2.21. The lowest BCUT2D eigenvalue weighted by Gasteiger charge is -2.10. The maximum Gasteiger partial charge on any atom is 0.278 e. The van der Waals surface area contributed by atoms with Crippen molar-refractivity contribution >= 4 is 0 Å². The lowest BCUT2D eigenvalue weighted by molar-refractivity contribution is 0.828. The van der Waals surface area contributed by atoms with E-state index in [1.807, 2.05) is 25.1 Å². The molecule has 3 aromatic rings. The second-order valence-electron chi connectivity index (χ2n) is 5.11. The van der Waals surface area contributed by atoms with Crippen molar-refractivity contribution in [1.82, 2.24) is 19.3 Å². The SMILES string of the molecule is Cc1ccc(-n2nccc2-c2nccn(C)c2=O)c(C)c1. The summed E-state index contributed by atoms with van der Waals surface area (Å²) in [5, 5.41) is 4.35. The normalized spacial score (nSPS) is 10.8. The van der Waals surface area contributed by atoms with Gasteiger partial charge in [0.2, 0.25) is 0 Å². The Morgan fingerprint density at radius 1 is 1.10 bits per heavy atom. The van der Waals surface area contributed by atoms with Gasteiger partial charge in [0.25, 0.3) is 5.56 Å². The van der Waals surface area contributed by atoms with Gasteiger partial charge in [0, 0.05) is 19.4 Å². The summed E-state index contributed by atoms with van der Waals surface area (Å²) in [6.45, 7) is 4.08. The molecule has 5 nitrogen and oxygen atoms in total. The Morgan fingerprint density at radius 2 is 1.90 bits per heavy atom. The molecule has 0 fully saturated rings. The van der Waals surface area contributed by atoms with Gasteiger partial charge < -0.3 is 4.57 Å². The van der Waals surface area contributed by atoms with Crippen LogP contribution in [0.15, 0.2) is 47.7 Å². The fourth-order valence-corrected chi connectivity index (χ4v) is 2.39. The zero-order chi connectivity index (χ0) is 15.0. The first-order valence-corrected chi connectivity index (χ1v) is 6.71. The van der Waals surface area contributed by atoms with E-state index in [0.29, 0.717) is 11.4 Å². The van der Waals surface area contributed by atoms with Gasteiger partial charge in [-0.3, -0.25) is 4.79 Å². The highest BCUT2D eigenvalue weighted by molar-refractivity contribution is 5.58. The van der Waals surface area contributed by atoms with Crippen molar-refractivity contribution < 1.29 is 0 Å². The molecule has 0 aliphatic heterocycles. The monoisotopic (exact) mass is 280 g/mol. The van der Waals surface area contributed by atoms with Gasteiger partial charge in [-0.05, 0) is 31.5 Å². The number of benzene rings is 1. The molecular formula is C16H16N4O. The third-order valence-electron chi connectivity index (χ3n) is 3.48. The summed E-state index contributed by atoms with van der Waals surface area (Å²) in [7, 11) is 1.71. The molecular weight excluding hydrogens is 264 g/mol. The molecule has 0 saturated heterocycles. The van der Waals surface area contributed by atoms with Gasteiger partial charge in [0.1, 0.15) is 0 Å². The van der Waals surface area contributed by atoms with Gasteiger partial charge in [-0.2, -0.15) is 5.10 Å². The van der Waals surface area contributed by atoms with E-state index in [1.165, 1.54) is 10.1 Å². The van der Waals surface area contributed by atoms with Gasteiger partial charge in [-0.15, -0.1) is 0 Å². The number of hydrogen-bond donors (Lipinski definition) is 0. The van der Waals surface area contributed by atoms with Crippen LogP contribution < -0.4 is 5.56 Å². The number of aryl methyl sites for hydroxylation is 3. The van der Waals surface area contributed by atoms with E-state index in [2.05, 4.69) is 23.1 Å². The molecule has 0 atom stereocenters. The molecule has 0 aliphatic carbocycles. The van der Waals surface area contributed by atoms with E-state index in [4.69, 9.17) is 0 Å². The van der Waals surface area contributed by atoms with Crippen molar-refractivity contribution in [3.63, 3.8) is 0 Å². The minimum atomic E-state index is -0.135. The summed E-state index contributed by atoms with van der Waals surface area (Å²) in [5.41, 5.74) is 4.21. The first-order valence-electron chi connectivity index (χ1n) is 6.71.